The van der Waals surface area contributed by atoms with Crippen molar-refractivity contribution in [3.05, 3.63) is 266 Å². The quantitative estimate of drug-likeness (QED) is 0.0284. The summed E-state index contributed by atoms with van der Waals surface area (Å²) in [6.45, 7) is 29.6. The van der Waals surface area contributed by atoms with Gasteiger partial charge in [0, 0.05) is 50.8 Å². The highest BCUT2D eigenvalue weighted by Crippen LogP contribution is 2.41. The predicted octanol–water partition coefficient (Wildman–Crippen LogP) is 17.1. The molecule has 0 fully saturated rings. The molecule has 0 radical (unpaired) electrons. The van der Waals surface area contributed by atoms with Crippen LogP contribution in [0, 0.1) is 25.5 Å². The number of hydrogen-bond acceptors (Lipinski definition) is 27. The maximum absolute atomic E-state index is 14.0. The van der Waals surface area contributed by atoms with Gasteiger partial charge >= 0.3 is 6.18 Å². The lowest BCUT2D eigenvalue weighted by Crippen LogP contribution is -2.14. The summed E-state index contributed by atoms with van der Waals surface area (Å²) in [6, 6.07) is 30.1. The number of aromatic nitrogens is 22. The number of hydrogen-bond donors (Lipinski definition) is 9. The van der Waals surface area contributed by atoms with Crippen molar-refractivity contribution >= 4 is 161 Å². The number of phenolic OH excluding ortho intramolecular Hbond substituents is 1. The number of fused-ring (bicyclic) bond motifs is 5. The van der Waals surface area contributed by atoms with Crippen molar-refractivity contribution in [1.82, 2.24) is 108 Å². The summed E-state index contributed by atoms with van der Waals surface area (Å²) in [6.07, 6.45) is 10.1. The number of aromatic hydroxyl groups is 1. The van der Waals surface area contributed by atoms with E-state index in [1.165, 1.54) is 98.5 Å². The number of phenols is 1. The number of nitrogens with zero attached hydrogens (tertiary/aromatic N) is 24. The third-order valence-corrected chi connectivity index (χ3v) is 21.0. The van der Waals surface area contributed by atoms with Crippen molar-refractivity contribution < 1.29 is 31.1 Å². The van der Waals surface area contributed by atoms with Crippen LogP contribution in [0.2, 0.25) is 20.6 Å². The largest absolute Gasteiger partial charge is 0.508 e. The molecule has 12 N–H and O–H groups in total. The summed E-state index contributed by atoms with van der Waals surface area (Å²) in [5, 5.41) is 42.2. The first-order chi connectivity index (χ1) is 59.0. The number of halogens is 8. The minimum Gasteiger partial charge on any atom is -0.508 e. The van der Waals surface area contributed by atoms with Gasteiger partial charge in [-0.2, -0.15) is 47.1 Å². The molecule has 17 rings (SSSR count). The highest BCUT2D eigenvalue weighted by Gasteiger charge is 2.32. The zero-order valence-electron chi connectivity index (χ0n) is 64.9. The fourth-order valence-corrected chi connectivity index (χ4v) is 14.2. The Hall–Kier alpha value is -14.8. The molecule has 0 bridgehead atoms. The Morgan fingerprint density at radius 3 is 1.27 bits per heavy atom. The molecule has 0 spiro atoms. The van der Waals surface area contributed by atoms with E-state index in [2.05, 4.69) is 126 Å². The second-order valence-electron chi connectivity index (χ2n) is 26.9. The summed E-state index contributed by atoms with van der Waals surface area (Å²) in [5.74, 6) is 1.42. The van der Waals surface area contributed by atoms with Crippen LogP contribution >= 0.6 is 59.9 Å². The smallest absolute Gasteiger partial charge is 0.416 e. The first-order valence-electron chi connectivity index (χ1n) is 36.3. The number of nitrogens with two attached hydrogens (primary N) is 3. The van der Waals surface area contributed by atoms with Crippen LogP contribution in [-0.2, 0) is 16.0 Å². The Morgan fingerprint density at radius 1 is 0.484 bits per heavy atom. The van der Waals surface area contributed by atoms with Crippen LogP contribution in [0.3, 0.4) is 0 Å². The van der Waals surface area contributed by atoms with E-state index in [-0.39, 0.29) is 105 Å². The molecule has 13 heterocycles. The molecule has 0 unspecified atom stereocenters. The van der Waals surface area contributed by atoms with Crippen LogP contribution in [0.4, 0.5) is 75.3 Å². The maximum Gasteiger partial charge on any atom is 0.416 e. The molecule has 124 heavy (non-hydrogen) atoms. The Bertz CT molecular complexity index is 7160. The summed E-state index contributed by atoms with van der Waals surface area (Å²) < 4.78 is 83.9. The maximum atomic E-state index is 14.0. The summed E-state index contributed by atoms with van der Waals surface area (Å²) >= 11 is 24.8. The first kappa shape index (κ1) is 87.0. The average Bonchev–Trinajstić information content (AvgIpc) is 1.51. The number of aromatic amines is 1. The van der Waals surface area contributed by atoms with E-state index < -0.39 is 33.7 Å². The molecule has 45 heteroatoms. The molecule has 13 aromatic heterocycles. The Kier molecular flexibility index (Phi) is 25.7. The molecule has 0 amide bonds. The summed E-state index contributed by atoms with van der Waals surface area (Å²) in [7, 11) is -3.42. The van der Waals surface area contributed by atoms with Gasteiger partial charge in [0.05, 0.1) is 108 Å². The highest BCUT2D eigenvalue weighted by molar-refractivity contribution is 7.90. The Balaban J connectivity index is 0.000000142. The first-order valence-corrected chi connectivity index (χ1v) is 39.7. The van der Waals surface area contributed by atoms with Gasteiger partial charge in [-0.25, -0.2) is 110 Å². The van der Waals surface area contributed by atoms with Crippen molar-refractivity contribution in [3.8, 4) is 50.8 Å². The fraction of sp³-hybridized carbons (Fsp3) is 0.139. The van der Waals surface area contributed by atoms with Gasteiger partial charge in [0.1, 0.15) is 77.3 Å². The number of benzene rings is 4. The van der Waals surface area contributed by atoms with Gasteiger partial charge in [-0.15, -0.1) is 0 Å². The molecule has 4 atom stereocenters. The molecule has 0 aliphatic rings. The Morgan fingerprint density at radius 2 is 0.863 bits per heavy atom. The highest BCUT2D eigenvalue weighted by atomic mass is 35.5. The van der Waals surface area contributed by atoms with Crippen molar-refractivity contribution in [2.24, 2.45) is 0 Å². The van der Waals surface area contributed by atoms with Crippen LogP contribution < -0.4 is 38.5 Å². The number of sulfone groups is 1. The number of alkyl halides is 3. The predicted molar refractivity (Wildman–Crippen MR) is 466 cm³/mol. The molecule has 0 aliphatic heterocycles. The van der Waals surface area contributed by atoms with E-state index in [0.717, 1.165) is 35.1 Å². The second-order valence-corrected chi connectivity index (χ2v) is 30.4. The molecule has 17 aromatic rings. The van der Waals surface area contributed by atoms with Crippen LogP contribution in [0.1, 0.15) is 86.1 Å². The van der Waals surface area contributed by atoms with Gasteiger partial charge in [-0.3, -0.25) is 0 Å². The number of anilines is 7. The van der Waals surface area contributed by atoms with Crippen LogP contribution in [-0.4, -0.2) is 128 Å². The molecule has 35 nitrogen and oxygen atoms in total. The topological polar surface area (TPSA) is 446 Å². The van der Waals surface area contributed by atoms with Crippen LogP contribution in [0.25, 0.3) is 93.3 Å². The monoisotopic (exact) mass is 1790 g/mol. The zero-order chi connectivity index (χ0) is 87.3. The van der Waals surface area contributed by atoms with E-state index in [9.17, 15) is 31.1 Å². The standard InChI is InChI=1S/C20H14ClF3N8.C20H16ClFN8.C20H17ClN8O2S.C19H15ClN8O.H2S/c1-10(30-19-17(26-2)18(25)28-9-29-19)13-7-15-27-8-14(21)32(15)31-16(13)11-4-3-5-12(6-11)20(22,23)24;1-2-14(28-20-18-19(25-9-24-18)26-10-27-20)13-7-16-23-8-15(21)30(16)29-17(13)11-4-3-5-12(22)6-11;1-11(27-20-18(23-2)19(22)25-10-26-20)14-8-16-24-9-15(21)29(16)28-17(14)12-5-4-6-13(7-12)32(3,30)31;1-10(26-19-17(22-2)18(21)24-9-25-19)13-7-15-23-8-14(20)28(15)27-16(13)11-3-5-12(29)6-4-11;/h3-10H,1H3,(H3,25,28,29,30);3-10,14H,2H2,1H3,(H2,24,25,26,27,28);4-11H,1,3H3,(H3,22,25,26,27);3-10,29H,1H3,(H3,21,24,25,26);1H2/t10-;14-;11-;10-;/m0000./s1. The van der Waals surface area contributed by atoms with Gasteiger partial charge in [0.15, 0.2) is 64.5 Å². The zero-order valence-corrected chi connectivity index (χ0v) is 69.8. The lowest BCUT2D eigenvalue weighted by molar-refractivity contribution is -0.137. The van der Waals surface area contributed by atoms with Gasteiger partial charge < -0.3 is 48.6 Å². The summed E-state index contributed by atoms with van der Waals surface area (Å²) in [4.78, 5) is 67.0. The third-order valence-electron chi connectivity index (χ3n) is 18.8. The van der Waals surface area contributed by atoms with Gasteiger partial charge in [0.25, 0.3) is 17.1 Å². The molecule has 4 aromatic carbocycles. The van der Waals surface area contributed by atoms with E-state index in [1.54, 1.807) is 73.9 Å². The number of nitrogens with one attached hydrogen (secondary N) is 5. The van der Waals surface area contributed by atoms with Crippen LogP contribution in [0.15, 0.2) is 183 Å². The van der Waals surface area contributed by atoms with Gasteiger partial charge in [-0.1, -0.05) is 89.7 Å². The van der Waals surface area contributed by atoms with E-state index >= 15 is 0 Å². The SMILES string of the molecule is CC[C@H](Nc1ncnc2nc[nH]c12)c1cc2ncc(Cl)n2nc1-c1cccc(F)c1.S.[C-]#[N+]c1c(N)ncnc1N[C@@H](C)c1cc2ncc(Cl)n2nc1-c1ccc(O)cc1.[C-]#[N+]c1c(N)ncnc1N[C@@H](C)c1cc2ncc(Cl)n2nc1-c1cccc(C(F)(F)F)c1.[C-]#[N+]c1c(N)ncnc1N[C@@H](C)c1cc2ncc(Cl)n2nc1-c1cccc(S(C)(=O)=O)c1. The van der Waals surface area contributed by atoms with Crippen molar-refractivity contribution in [2.45, 2.75) is 69.4 Å². The molecular weight excluding hydrogens is 1730 g/mol. The molecular formula is C79H64Cl4F4N32O3S2. The van der Waals surface area contributed by atoms with Gasteiger partial charge in [0.2, 0.25) is 0 Å². The second kappa shape index (κ2) is 36.6. The molecule has 626 valence electrons. The van der Waals surface area contributed by atoms with Crippen molar-refractivity contribution in [2.75, 3.05) is 44.7 Å². The fourth-order valence-electron chi connectivity index (χ4n) is 12.8. The van der Waals surface area contributed by atoms with E-state index in [4.69, 9.17) is 83.3 Å². The van der Waals surface area contributed by atoms with E-state index in [0.29, 0.717) is 107 Å². The number of rotatable bonds is 18. The van der Waals surface area contributed by atoms with Gasteiger partial charge in [-0.05, 0) is 112 Å². The van der Waals surface area contributed by atoms with Crippen LogP contribution in [0.5, 0.6) is 5.75 Å². The Labute approximate surface area is 727 Å². The number of nitrogen functional groups attached to an aromatic ring is 3. The number of imidazole rings is 5. The molecule has 0 aliphatic carbocycles. The minimum absolute atomic E-state index is 0. The summed E-state index contributed by atoms with van der Waals surface area (Å²) in [5.41, 5.74) is 27.3. The molecule has 0 saturated carbocycles. The normalized spacial score (nSPS) is 12.2. The average molecular weight is 1790 g/mol. The van der Waals surface area contributed by atoms with Crippen molar-refractivity contribution in [1.29, 1.82) is 0 Å². The number of H-pyrrole nitrogens is 1. The van der Waals surface area contributed by atoms with E-state index in [1.807, 2.05) is 39.0 Å². The third kappa shape index (κ3) is 18.6. The lowest BCUT2D eigenvalue weighted by atomic mass is 9.98. The minimum atomic E-state index is -4.51. The molecule has 0 saturated heterocycles. The lowest BCUT2D eigenvalue weighted by Gasteiger charge is -2.21. The van der Waals surface area contributed by atoms with Crippen molar-refractivity contribution in [3.63, 3.8) is 0 Å².